The lowest BCUT2D eigenvalue weighted by Crippen LogP contribution is -2.31. The molecule has 0 spiro atoms. The van der Waals surface area contributed by atoms with Crippen LogP contribution in [0.1, 0.15) is 39.4 Å². The Balaban J connectivity index is -0.000000100. The Morgan fingerprint density at radius 3 is 1.77 bits per heavy atom. The van der Waals surface area contributed by atoms with Crippen LogP contribution >= 0.6 is 35.7 Å². The molecule has 9 heteroatoms. The maximum Gasteiger partial charge on any atom is 0.344 e. The number of carbonyl (C=O) groups is 3. The zero-order valence-electron chi connectivity index (χ0n) is 16.1. The second-order valence-electron chi connectivity index (χ2n) is 5.58. The van der Waals surface area contributed by atoms with Gasteiger partial charge >= 0.3 is 17.9 Å². The highest BCUT2D eigenvalue weighted by Gasteiger charge is 2.34. The Kier molecular flexibility index (Phi) is 17.0. The Bertz CT molecular complexity index is 875. The molecule has 0 saturated heterocycles. The largest absolute Gasteiger partial charge is 0.480 e. The van der Waals surface area contributed by atoms with E-state index < -0.39 is 27.4 Å². The quantitative estimate of drug-likeness (QED) is 0.264. The van der Waals surface area contributed by atoms with Crippen LogP contribution in [0.2, 0.25) is 0 Å². The molecular formula is C21H28O6S3. The highest BCUT2D eigenvalue weighted by molar-refractivity contribution is 8.48. The minimum absolute atomic E-state index is 0. The van der Waals surface area contributed by atoms with Gasteiger partial charge in [-0.05, 0) is 45.5 Å². The van der Waals surface area contributed by atoms with Crippen molar-refractivity contribution in [3.63, 3.8) is 0 Å². The summed E-state index contributed by atoms with van der Waals surface area (Å²) in [5.74, 6) is 11.0. The van der Waals surface area contributed by atoms with E-state index in [2.05, 4.69) is 46.8 Å². The SMILES string of the molecule is C.C#CC#CC#CC#COC(=O)C=C.CC(C)(SC(=S)SC(C)(C)C(=O)O)C(=O)O.[HH].[HH].[HH]. The topological polar surface area (TPSA) is 101 Å². The minimum Gasteiger partial charge on any atom is -0.480 e. The highest BCUT2D eigenvalue weighted by atomic mass is 32.2. The van der Waals surface area contributed by atoms with Crippen LogP contribution in [-0.4, -0.2) is 41.1 Å². The second-order valence-corrected chi connectivity index (χ2v) is 10.0. The molecule has 2 N–H and O–H groups in total. The first-order valence-corrected chi connectivity index (χ1v) is 9.52. The predicted molar refractivity (Wildman–Crippen MR) is 133 cm³/mol. The summed E-state index contributed by atoms with van der Waals surface area (Å²) >= 11 is 6.96. The van der Waals surface area contributed by atoms with Crippen LogP contribution in [0.4, 0.5) is 0 Å². The van der Waals surface area contributed by atoms with Crippen molar-refractivity contribution in [3.8, 4) is 48.1 Å². The zero-order chi connectivity index (χ0) is 23.1. The number of thiocarbonyl (C=S) groups is 1. The monoisotopic (exact) mass is 472 g/mol. The standard InChI is InChI=1S/C11H4O2.C9H14O4S3.CH4.3H2/c1-3-5-6-7-8-9-10-13-11(12)4-2;1-8(2,5(10)11)15-7(14)16-9(3,4)6(12)13;;;;/h1,4H,2H2;1-4H3,(H,10,11)(H,12,13);1H4;3*1H. The number of carboxylic acids is 2. The van der Waals surface area contributed by atoms with Crippen LogP contribution in [0, 0.1) is 48.1 Å². The number of carbonyl (C=O) groups excluding carboxylic acids is 1. The Labute approximate surface area is 196 Å². The van der Waals surface area contributed by atoms with Gasteiger partial charge in [-0.1, -0.05) is 49.7 Å². The fourth-order valence-corrected chi connectivity index (χ4v) is 4.47. The van der Waals surface area contributed by atoms with Gasteiger partial charge < -0.3 is 14.9 Å². The molecule has 30 heavy (non-hydrogen) atoms. The molecule has 0 unspecified atom stereocenters. The van der Waals surface area contributed by atoms with Crippen LogP contribution in [-0.2, 0) is 19.1 Å². The number of rotatable bonds is 5. The molecule has 0 aliphatic carbocycles. The van der Waals surface area contributed by atoms with Gasteiger partial charge in [-0.25, -0.2) is 4.79 Å². The number of terminal acetylenes is 1. The van der Waals surface area contributed by atoms with Gasteiger partial charge in [-0.3, -0.25) is 9.59 Å². The third-order valence-corrected chi connectivity index (χ3v) is 5.10. The highest BCUT2D eigenvalue weighted by Crippen LogP contribution is 2.36. The van der Waals surface area contributed by atoms with Crippen molar-refractivity contribution in [2.45, 2.75) is 44.6 Å². The molecule has 6 nitrogen and oxygen atoms in total. The van der Waals surface area contributed by atoms with Crippen LogP contribution in [0.3, 0.4) is 0 Å². The van der Waals surface area contributed by atoms with Gasteiger partial charge in [0.2, 0.25) is 0 Å². The molecule has 0 aromatic carbocycles. The van der Waals surface area contributed by atoms with E-state index in [-0.39, 0.29) is 11.7 Å². The second kappa shape index (κ2) is 16.0. The molecule has 0 aliphatic heterocycles. The maximum absolute atomic E-state index is 10.8. The van der Waals surface area contributed by atoms with Crippen LogP contribution in [0.5, 0.6) is 0 Å². The van der Waals surface area contributed by atoms with Gasteiger partial charge in [0.15, 0.2) is 0 Å². The summed E-state index contributed by atoms with van der Waals surface area (Å²) in [7, 11) is 0. The number of hydrogen-bond donors (Lipinski definition) is 2. The van der Waals surface area contributed by atoms with E-state index in [9.17, 15) is 14.4 Å². The van der Waals surface area contributed by atoms with Crippen molar-refractivity contribution in [1.82, 2.24) is 0 Å². The molecule has 166 valence electrons. The average molecular weight is 473 g/mol. The first-order chi connectivity index (χ1) is 13.3. The van der Waals surface area contributed by atoms with E-state index in [1.165, 1.54) is 27.7 Å². The number of ether oxygens (including phenoxy) is 1. The summed E-state index contributed by atoms with van der Waals surface area (Å²) in [6.07, 6.45) is 7.87. The molecule has 0 aromatic rings. The van der Waals surface area contributed by atoms with E-state index in [1.807, 2.05) is 6.11 Å². The number of esters is 1. The number of hydrogen-bond acceptors (Lipinski definition) is 7. The van der Waals surface area contributed by atoms with Gasteiger partial charge in [0.25, 0.3) is 0 Å². The zero-order valence-corrected chi connectivity index (χ0v) is 18.6. The van der Waals surface area contributed by atoms with Gasteiger partial charge in [0.1, 0.15) is 19.1 Å². The van der Waals surface area contributed by atoms with Gasteiger partial charge in [-0.2, -0.15) is 0 Å². The molecule has 0 aliphatic rings. The Morgan fingerprint density at radius 1 is 1.00 bits per heavy atom. The molecule has 0 bridgehead atoms. The molecule has 0 fully saturated rings. The lowest BCUT2D eigenvalue weighted by atomic mass is 10.2. The number of carboxylic acid groups (broad SMARTS) is 2. The Hall–Kier alpha value is -2.82. The molecular weight excluding hydrogens is 444 g/mol. The van der Waals surface area contributed by atoms with Crippen LogP contribution in [0.25, 0.3) is 0 Å². The van der Waals surface area contributed by atoms with Gasteiger partial charge in [-0.15, -0.1) is 6.42 Å². The summed E-state index contributed by atoms with van der Waals surface area (Å²) in [5.41, 5.74) is 0. The molecule has 0 heterocycles. The van der Waals surface area contributed by atoms with Gasteiger partial charge in [0.05, 0.1) is 0 Å². The fourth-order valence-electron chi connectivity index (χ4n) is 0.798. The predicted octanol–water partition coefficient (Wildman–Crippen LogP) is 4.15. The summed E-state index contributed by atoms with van der Waals surface area (Å²) in [4.78, 5) is 32.1. The van der Waals surface area contributed by atoms with Crippen molar-refractivity contribution < 1.29 is 33.6 Å². The van der Waals surface area contributed by atoms with E-state index in [4.69, 9.17) is 28.9 Å². The van der Waals surface area contributed by atoms with E-state index in [0.717, 1.165) is 29.6 Å². The van der Waals surface area contributed by atoms with Crippen molar-refractivity contribution >= 4 is 57.2 Å². The average Bonchev–Trinajstić information content (AvgIpc) is 2.59. The van der Waals surface area contributed by atoms with Crippen molar-refractivity contribution in [1.29, 1.82) is 0 Å². The lowest BCUT2D eigenvalue weighted by molar-refractivity contribution is -0.139. The van der Waals surface area contributed by atoms with E-state index in [0.29, 0.717) is 3.53 Å². The summed E-state index contributed by atoms with van der Waals surface area (Å²) in [5, 5.41) is 17.8. The maximum atomic E-state index is 10.8. The third kappa shape index (κ3) is 16.2. The van der Waals surface area contributed by atoms with E-state index in [1.54, 1.807) is 0 Å². The minimum atomic E-state index is -1.04. The summed E-state index contributed by atoms with van der Waals surface area (Å²) in [6, 6.07) is 0. The third-order valence-electron chi connectivity index (χ3n) is 2.40. The molecule has 0 rings (SSSR count). The summed E-state index contributed by atoms with van der Waals surface area (Å²) in [6.45, 7) is 9.29. The van der Waals surface area contributed by atoms with Crippen LogP contribution < -0.4 is 0 Å². The van der Waals surface area contributed by atoms with Crippen molar-refractivity contribution in [3.05, 3.63) is 12.7 Å². The number of aliphatic carboxylic acids is 2. The molecule has 0 atom stereocenters. The molecule has 0 aromatic heterocycles. The first-order valence-electron chi connectivity index (χ1n) is 7.47. The van der Waals surface area contributed by atoms with E-state index >= 15 is 0 Å². The van der Waals surface area contributed by atoms with Crippen LogP contribution in [0.15, 0.2) is 12.7 Å². The first kappa shape index (κ1) is 31.9. The molecule has 0 radical (unpaired) electrons. The smallest absolute Gasteiger partial charge is 0.344 e. The number of thioether (sulfide) groups is 2. The molecule has 0 saturated carbocycles. The fraction of sp³-hybridized carbons (Fsp3) is 0.333. The lowest BCUT2D eigenvalue weighted by Gasteiger charge is -2.22. The Morgan fingerprint density at radius 2 is 1.40 bits per heavy atom. The van der Waals surface area contributed by atoms with Crippen molar-refractivity contribution in [2.24, 2.45) is 0 Å². The molecule has 0 amide bonds. The van der Waals surface area contributed by atoms with Crippen molar-refractivity contribution in [2.75, 3.05) is 0 Å². The summed E-state index contributed by atoms with van der Waals surface area (Å²) < 4.78 is 2.52. The van der Waals surface area contributed by atoms with Gasteiger partial charge in [0, 0.05) is 28.1 Å². The normalized spacial score (nSPS) is 8.77.